The average Bonchev–Trinajstić information content (AvgIpc) is 2.56. The molecule has 0 aromatic heterocycles. The number of halogens is 2. The Morgan fingerprint density at radius 1 is 1.08 bits per heavy atom. The summed E-state index contributed by atoms with van der Waals surface area (Å²) in [5, 5.41) is 6.87. The van der Waals surface area contributed by atoms with Gasteiger partial charge in [-0.1, -0.05) is 49.7 Å². The number of carbonyl (C=O) groups is 1. The highest BCUT2D eigenvalue weighted by Gasteiger charge is 2.17. The maximum absolute atomic E-state index is 13.1. The van der Waals surface area contributed by atoms with Crippen LogP contribution in [-0.2, 0) is 4.79 Å². The van der Waals surface area contributed by atoms with Crippen LogP contribution in [0.25, 0.3) is 0 Å². The predicted molar refractivity (Wildman–Crippen MR) is 100.0 cm³/mol. The van der Waals surface area contributed by atoms with E-state index in [2.05, 4.69) is 24.5 Å². The van der Waals surface area contributed by atoms with Gasteiger partial charge in [-0.2, -0.15) is 0 Å². The molecule has 2 atom stereocenters. The third kappa shape index (κ3) is 5.83. The first-order valence-corrected chi connectivity index (χ1v) is 8.78. The van der Waals surface area contributed by atoms with Gasteiger partial charge >= 0.3 is 0 Å². The molecular formula is C20H24ClFN2O. The number of amides is 1. The van der Waals surface area contributed by atoms with Crippen LogP contribution in [0.4, 0.5) is 4.39 Å². The summed E-state index contributed by atoms with van der Waals surface area (Å²) >= 11 is 5.99. The van der Waals surface area contributed by atoms with Crippen LogP contribution in [0.5, 0.6) is 0 Å². The molecule has 0 saturated carbocycles. The lowest BCUT2D eigenvalue weighted by molar-refractivity contribution is -0.121. The molecule has 0 spiro atoms. The fourth-order valence-corrected chi connectivity index (χ4v) is 2.96. The Bertz CT molecular complexity index is 703. The summed E-state index contributed by atoms with van der Waals surface area (Å²) in [6.45, 7) is 6.23. The Labute approximate surface area is 153 Å². The third-order valence-corrected chi connectivity index (χ3v) is 4.34. The summed E-state index contributed by atoms with van der Waals surface area (Å²) in [5.41, 5.74) is 1.92. The van der Waals surface area contributed by atoms with Gasteiger partial charge in [0, 0.05) is 11.1 Å². The van der Waals surface area contributed by atoms with Gasteiger partial charge in [-0.15, -0.1) is 0 Å². The van der Waals surface area contributed by atoms with Crippen LogP contribution in [0, 0.1) is 11.7 Å². The number of hydrogen-bond acceptors (Lipinski definition) is 2. The van der Waals surface area contributed by atoms with Crippen molar-refractivity contribution in [1.29, 1.82) is 0 Å². The Hall–Kier alpha value is -1.91. The molecule has 2 N–H and O–H groups in total. The van der Waals surface area contributed by atoms with Gasteiger partial charge in [-0.05, 0) is 48.2 Å². The van der Waals surface area contributed by atoms with Crippen LogP contribution in [0.2, 0.25) is 5.02 Å². The molecule has 0 radical (unpaired) electrons. The summed E-state index contributed by atoms with van der Waals surface area (Å²) in [5.74, 6) is -0.0943. The van der Waals surface area contributed by atoms with Crippen molar-refractivity contribution in [1.82, 2.24) is 10.6 Å². The summed E-state index contributed by atoms with van der Waals surface area (Å²) in [7, 11) is 0. The van der Waals surface area contributed by atoms with E-state index in [9.17, 15) is 9.18 Å². The minimum Gasteiger partial charge on any atom is -0.348 e. The fraction of sp³-hybridized carbons (Fsp3) is 0.350. The number of benzene rings is 2. The van der Waals surface area contributed by atoms with Crippen LogP contribution >= 0.6 is 11.6 Å². The summed E-state index contributed by atoms with van der Waals surface area (Å²) in [6, 6.07) is 13.7. The van der Waals surface area contributed by atoms with Gasteiger partial charge in [-0.25, -0.2) is 4.39 Å². The van der Waals surface area contributed by atoms with Crippen molar-refractivity contribution in [3.63, 3.8) is 0 Å². The zero-order valence-corrected chi connectivity index (χ0v) is 15.5. The van der Waals surface area contributed by atoms with Gasteiger partial charge in [0.15, 0.2) is 0 Å². The van der Waals surface area contributed by atoms with E-state index in [4.69, 9.17) is 11.6 Å². The molecule has 1 amide bonds. The highest BCUT2D eigenvalue weighted by Crippen LogP contribution is 2.22. The average molecular weight is 363 g/mol. The van der Waals surface area contributed by atoms with Crippen LogP contribution in [0.3, 0.4) is 0 Å². The van der Waals surface area contributed by atoms with Gasteiger partial charge in [0.25, 0.3) is 0 Å². The zero-order chi connectivity index (χ0) is 18.4. The molecule has 0 fully saturated rings. The standard InChI is InChI=1S/C20H24ClFN2O/c1-13(2)20(15-7-9-18(22)10-8-15)23-12-19(25)24-14(3)16-5-4-6-17(21)11-16/h4-11,13-14,20,23H,12H2,1-3H3,(H,24,25). The maximum atomic E-state index is 13.1. The van der Waals surface area contributed by atoms with Crippen molar-refractivity contribution < 1.29 is 9.18 Å². The predicted octanol–water partition coefficient (Wildman–Crippen LogP) is 4.64. The van der Waals surface area contributed by atoms with Crippen LogP contribution < -0.4 is 10.6 Å². The van der Waals surface area contributed by atoms with E-state index in [0.717, 1.165) is 11.1 Å². The van der Waals surface area contributed by atoms with E-state index < -0.39 is 0 Å². The van der Waals surface area contributed by atoms with Gasteiger partial charge < -0.3 is 10.6 Å². The van der Waals surface area contributed by atoms with E-state index in [1.54, 1.807) is 18.2 Å². The summed E-state index contributed by atoms with van der Waals surface area (Å²) in [4.78, 5) is 12.3. The van der Waals surface area contributed by atoms with E-state index in [1.807, 2.05) is 25.1 Å². The SMILES string of the molecule is CC(NC(=O)CNC(c1ccc(F)cc1)C(C)C)c1cccc(Cl)c1. The minimum atomic E-state index is -0.264. The van der Waals surface area contributed by atoms with Crippen molar-refractivity contribution in [2.45, 2.75) is 32.9 Å². The van der Waals surface area contributed by atoms with Gasteiger partial charge in [-0.3, -0.25) is 4.79 Å². The van der Waals surface area contributed by atoms with E-state index in [0.29, 0.717) is 5.02 Å². The first kappa shape index (κ1) is 19.4. The molecule has 0 saturated heterocycles. The monoisotopic (exact) mass is 362 g/mol. The second kappa shape index (κ2) is 8.97. The number of rotatable bonds is 7. The molecular weight excluding hydrogens is 339 g/mol. The van der Waals surface area contributed by atoms with Crippen molar-refractivity contribution in [3.05, 3.63) is 70.5 Å². The third-order valence-electron chi connectivity index (χ3n) is 4.10. The quantitative estimate of drug-likeness (QED) is 0.753. The number of nitrogens with one attached hydrogen (secondary N) is 2. The molecule has 2 unspecified atom stereocenters. The Morgan fingerprint density at radius 2 is 1.76 bits per heavy atom. The molecule has 3 nitrogen and oxygen atoms in total. The maximum Gasteiger partial charge on any atom is 0.234 e. The van der Waals surface area contributed by atoms with Crippen LogP contribution in [-0.4, -0.2) is 12.5 Å². The first-order valence-electron chi connectivity index (χ1n) is 8.40. The molecule has 0 bridgehead atoms. The highest BCUT2D eigenvalue weighted by molar-refractivity contribution is 6.30. The number of hydrogen-bond donors (Lipinski definition) is 2. The second-order valence-electron chi connectivity index (χ2n) is 6.50. The topological polar surface area (TPSA) is 41.1 Å². The Kier molecular flexibility index (Phi) is 6.97. The Balaban J connectivity index is 1.93. The van der Waals surface area contributed by atoms with Gasteiger partial charge in [0.1, 0.15) is 5.82 Å². The van der Waals surface area contributed by atoms with Crippen molar-refractivity contribution in [2.24, 2.45) is 5.92 Å². The van der Waals surface area contributed by atoms with Crippen molar-refractivity contribution in [2.75, 3.05) is 6.54 Å². The summed E-state index contributed by atoms with van der Waals surface area (Å²) < 4.78 is 13.1. The van der Waals surface area contributed by atoms with Crippen molar-refractivity contribution in [3.8, 4) is 0 Å². The summed E-state index contributed by atoms with van der Waals surface area (Å²) in [6.07, 6.45) is 0. The number of carbonyl (C=O) groups excluding carboxylic acids is 1. The van der Waals surface area contributed by atoms with Crippen molar-refractivity contribution >= 4 is 17.5 Å². The lowest BCUT2D eigenvalue weighted by Crippen LogP contribution is -2.38. The second-order valence-corrected chi connectivity index (χ2v) is 6.93. The molecule has 0 heterocycles. The minimum absolute atomic E-state index is 0.0205. The van der Waals surface area contributed by atoms with Crippen LogP contribution in [0.1, 0.15) is 44.0 Å². The Morgan fingerprint density at radius 3 is 2.36 bits per heavy atom. The molecule has 5 heteroatoms. The lowest BCUT2D eigenvalue weighted by Gasteiger charge is -2.23. The molecule has 0 aliphatic carbocycles. The fourth-order valence-electron chi connectivity index (χ4n) is 2.76. The molecule has 2 rings (SSSR count). The van der Waals surface area contributed by atoms with E-state index in [1.165, 1.54) is 12.1 Å². The van der Waals surface area contributed by atoms with Gasteiger partial charge in [0.05, 0.1) is 12.6 Å². The normalized spacial score (nSPS) is 13.5. The zero-order valence-electron chi connectivity index (χ0n) is 14.7. The molecule has 25 heavy (non-hydrogen) atoms. The van der Waals surface area contributed by atoms with Gasteiger partial charge in [0.2, 0.25) is 5.91 Å². The molecule has 2 aromatic rings. The molecule has 134 valence electrons. The first-order chi connectivity index (χ1) is 11.9. The highest BCUT2D eigenvalue weighted by atomic mass is 35.5. The largest absolute Gasteiger partial charge is 0.348 e. The lowest BCUT2D eigenvalue weighted by atomic mass is 9.96. The molecule has 0 aliphatic rings. The van der Waals surface area contributed by atoms with E-state index >= 15 is 0 Å². The van der Waals surface area contributed by atoms with E-state index in [-0.39, 0.29) is 36.3 Å². The molecule has 0 aliphatic heterocycles. The smallest absolute Gasteiger partial charge is 0.234 e. The molecule has 2 aromatic carbocycles. The van der Waals surface area contributed by atoms with Crippen LogP contribution in [0.15, 0.2) is 48.5 Å².